The summed E-state index contributed by atoms with van der Waals surface area (Å²) in [5, 5.41) is 7.15. The van der Waals surface area contributed by atoms with Crippen LogP contribution in [0, 0.1) is 6.92 Å². The molecule has 15 heavy (non-hydrogen) atoms. The van der Waals surface area contributed by atoms with E-state index in [1.807, 2.05) is 0 Å². The molecule has 1 heterocycles. The predicted molar refractivity (Wildman–Crippen MR) is 65.3 cm³/mol. The Kier molecular flexibility index (Phi) is 3.12. The quantitative estimate of drug-likeness (QED) is 0.830. The number of hydrogen-bond acceptors (Lipinski definition) is 3. The molecule has 1 aliphatic rings. The van der Waals surface area contributed by atoms with Crippen molar-refractivity contribution in [1.29, 1.82) is 0 Å². The summed E-state index contributed by atoms with van der Waals surface area (Å²) in [6.45, 7) is 6.61. The molecule has 84 valence electrons. The molecular formula is C12H20N2S. The van der Waals surface area contributed by atoms with Gasteiger partial charge < -0.3 is 5.32 Å². The summed E-state index contributed by atoms with van der Waals surface area (Å²) >= 11 is 1.79. The minimum atomic E-state index is 0.106. The highest BCUT2D eigenvalue weighted by atomic mass is 32.1. The van der Waals surface area contributed by atoms with Crippen LogP contribution in [0.25, 0.3) is 0 Å². The van der Waals surface area contributed by atoms with Crippen LogP contribution >= 0.6 is 11.3 Å². The Bertz CT molecular complexity index is 330. The molecule has 1 unspecified atom stereocenters. The molecule has 1 saturated carbocycles. The summed E-state index contributed by atoms with van der Waals surface area (Å²) in [4.78, 5) is 4.64. The van der Waals surface area contributed by atoms with Crippen molar-refractivity contribution < 1.29 is 0 Å². The van der Waals surface area contributed by atoms with Gasteiger partial charge in [0, 0.05) is 17.1 Å². The summed E-state index contributed by atoms with van der Waals surface area (Å²) in [6.07, 6.45) is 5.05. The summed E-state index contributed by atoms with van der Waals surface area (Å²) in [5.41, 5.74) is 1.25. The third-order valence-electron chi connectivity index (χ3n) is 2.94. The Morgan fingerprint density at radius 3 is 2.80 bits per heavy atom. The van der Waals surface area contributed by atoms with Crippen molar-refractivity contribution in [2.45, 2.75) is 58.0 Å². The molecule has 1 atom stereocenters. The largest absolute Gasteiger partial charge is 0.303 e. The average Bonchev–Trinajstić information content (AvgIpc) is 2.85. The van der Waals surface area contributed by atoms with Crippen molar-refractivity contribution in [3.63, 3.8) is 0 Å². The van der Waals surface area contributed by atoms with Gasteiger partial charge in [0.1, 0.15) is 5.01 Å². The lowest BCUT2D eigenvalue weighted by Gasteiger charge is -2.28. The normalized spacial score (nSPS) is 20.2. The van der Waals surface area contributed by atoms with Crippen LogP contribution in [0.5, 0.6) is 0 Å². The van der Waals surface area contributed by atoms with Gasteiger partial charge in [-0.05, 0) is 33.1 Å². The summed E-state index contributed by atoms with van der Waals surface area (Å²) < 4.78 is 0. The number of hydrogen-bond donors (Lipinski definition) is 1. The van der Waals surface area contributed by atoms with Crippen LogP contribution in [0.4, 0.5) is 0 Å². The standard InChI is InChI=1S/C12H20N2S/c1-4-7-12(3,14-10-5-6-10)11-13-9(2)8-15-11/h8,10,14H,4-7H2,1-3H3. The molecule has 0 saturated heterocycles. The fraction of sp³-hybridized carbons (Fsp3) is 0.750. The van der Waals surface area contributed by atoms with Gasteiger partial charge in [0.2, 0.25) is 0 Å². The molecule has 0 amide bonds. The number of nitrogens with zero attached hydrogens (tertiary/aromatic N) is 1. The lowest BCUT2D eigenvalue weighted by atomic mass is 9.97. The zero-order chi connectivity index (χ0) is 10.9. The first kappa shape index (κ1) is 11.1. The van der Waals surface area contributed by atoms with E-state index in [9.17, 15) is 0 Å². The van der Waals surface area contributed by atoms with E-state index in [0.29, 0.717) is 0 Å². The Balaban J connectivity index is 2.15. The predicted octanol–water partition coefficient (Wildman–Crippen LogP) is 3.22. The van der Waals surface area contributed by atoms with E-state index >= 15 is 0 Å². The molecular weight excluding hydrogens is 204 g/mol. The summed E-state index contributed by atoms with van der Waals surface area (Å²) in [6, 6.07) is 0.741. The van der Waals surface area contributed by atoms with Crippen molar-refractivity contribution in [1.82, 2.24) is 10.3 Å². The first-order valence-corrected chi connectivity index (χ1v) is 6.72. The van der Waals surface area contributed by atoms with E-state index in [0.717, 1.165) is 11.7 Å². The molecule has 2 nitrogen and oxygen atoms in total. The van der Waals surface area contributed by atoms with Gasteiger partial charge in [-0.2, -0.15) is 0 Å². The second-order valence-electron chi connectivity index (χ2n) is 4.79. The molecule has 0 aromatic carbocycles. The van der Waals surface area contributed by atoms with Crippen molar-refractivity contribution in [3.05, 3.63) is 16.1 Å². The van der Waals surface area contributed by atoms with Crippen LogP contribution in [0.15, 0.2) is 5.38 Å². The van der Waals surface area contributed by atoms with E-state index in [2.05, 4.69) is 36.5 Å². The summed E-state index contributed by atoms with van der Waals surface area (Å²) in [5.74, 6) is 0. The van der Waals surface area contributed by atoms with Crippen molar-refractivity contribution in [2.75, 3.05) is 0 Å². The molecule has 1 aromatic heterocycles. The fourth-order valence-electron chi connectivity index (χ4n) is 2.03. The van der Waals surface area contributed by atoms with E-state index < -0.39 is 0 Å². The van der Waals surface area contributed by atoms with Gasteiger partial charge >= 0.3 is 0 Å². The molecule has 1 aliphatic carbocycles. The SMILES string of the molecule is CCCC(C)(NC1CC1)c1nc(C)cs1. The topological polar surface area (TPSA) is 24.9 Å². The number of nitrogens with one attached hydrogen (secondary N) is 1. The van der Waals surface area contributed by atoms with Crippen molar-refractivity contribution >= 4 is 11.3 Å². The van der Waals surface area contributed by atoms with E-state index in [4.69, 9.17) is 0 Å². The van der Waals surface area contributed by atoms with Crippen LogP contribution < -0.4 is 5.32 Å². The van der Waals surface area contributed by atoms with Gasteiger partial charge in [-0.1, -0.05) is 13.3 Å². The highest BCUT2D eigenvalue weighted by Crippen LogP contribution is 2.33. The highest BCUT2D eigenvalue weighted by Gasteiger charge is 2.35. The number of thiazole rings is 1. The first-order chi connectivity index (χ1) is 7.14. The van der Waals surface area contributed by atoms with Gasteiger partial charge in [0.25, 0.3) is 0 Å². The van der Waals surface area contributed by atoms with E-state index in [1.54, 1.807) is 11.3 Å². The van der Waals surface area contributed by atoms with Crippen molar-refractivity contribution in [3.8, 4) is 0 Å². The van der Waals surface area contributed by atoms with Gasteiger partial charge in [0.05, 0.1) is 5.54 Å². The van der Waals surface area contributed by atoms with Gasteiger partial charge in [0.15, 0.2) is 0 Å². The smallest absolute Gasteiger partial charge is 0.113 e. The Morgan fingerprint density at radius 2 is 2.33 bits per heavy atom. The molecule has 0 radical (unpaired) electrons. The van der Waals surface area contributed by atoms with Crippen LogP contribution in [0.3, 0.4) is 0 Å². The highest BCUT2D eigenvalue weighted by molar-refractivity contribution is 7.09. The molecule has 0 spiro atoms. The zero-order valence-corrected chi connectivity index (χ0v) is 10.7. The Morgan fingerprint density at radius 1 is 1.60 bits per heavy atom. The van der Waals surface area contributed by atoms with Crippen LogP contribution in [-0.2, 0) is 5.54 Å². The van der Waals surface area contributed by atoms with E-state index in [-0.39, 0.29) is 5.54 Å². The number of aryl methyl sites for hydroxylation is 1. The Hall–Kier alpha value is -0.410. The number of aromatic nitrogens is 1. The van der Waals surface area contributed by atoms with Gasteiger partial charge in [-0.3, -0.25) is 0 Å². The average molecular weight is 224 g/mol. The second kappa shape index (κ2) is 4.22. The summed E-state index contributed by atoms with van der Waals surface area (Å²) in [7, 11) is 0. The molecule has 3 heteroatoms. The lowest BCUT2D eigenvalue weighted by molar-refractivity contribution is 0.331. The van der Waals surface area contributed by atoms with Crippen LogP contribution in [-0.4, -0.2) is 11.0 Å². The number of rotatable bonds is 5. The molecule has 1 fully saturated rings. The minimum Gasteiger partial charge on any atom is -0.303 e. The van der Waals surface area contributed by atoms with Crippen LogP contribution in [0.2, 0.25) is 0 Å². The van der Waals surface area contributed by atoms with Crippen molar-refractivity contribution in [2.24, 2.45) is 0 Å². The third kappa shape index (κ3) is 2.58. The minimum absolute atomic E-state index is 0.106. The Labute approximate surface area is 96.1 Å². The maximum atomic E-state index is 4.64. The molecule has 1 N–H and O–H groups in total. The van der Waals surface area contributed by atoms with Gasteiger partial charge in [-0.15, -0.1) is 11.3 Å². The lowest BCUT2D eigenvalue weighted by Crippen LogP contribution is -2.40. The maximum Gasteiger partial charge on any atom is 0.113 e. The zero-order valence-electron chi connectivity index (χ0n) is 9.84. The molecule has 1 aromatic rings. The maximum absolute atomic E-state index is 4.64. The van der Waals surface area contributed by atoms with Gasteiger partial charge in [-0.25, -0.2) is 4.98 Å². The molecule has 0 aliphatic heterocycles. The first-order valence-electron chi connectivity index (χ1n) is 5.84. The fourth-order valence-corrected chi connectivity index (χ4v) is 2.98. The third-order valence-corrected chi connectivity index (χ3v) is 4.17. The van der Waals surface area contributed by atoms with Crippen LogP contribution in [0.1, 0.15) is 50.2 Å². The monoisotopic (exact) mass is 224 g/mol. The molecule has 0 bridgehead atoms. The van der Waals surface area contributed by atoms with E-state index in [1.165, 1.54) is 30.7 Å². The second-order valence-corrected chi connectivity index (χ2v) is 5.65. The molecule has 2 rings (SSSR count).